The summed E-state index contributed by atoms with van der Waals surface area (Å²) in [5, 5.41) is 0. The molecule has 0 unspecified atom stereocenters. The lowest BCUT2D eigenvalue weighted by molar-refractivity contribution is 0.402. The summed E-state index contributed by atoms with van der Waals surface area (Å²) in [5.41, 5.74) is 1.85. The number of halogens is 1. The molecule has 126 valence electrons. The van der Waals surface area contributed by atoms with E-state index in [1.165, 1.54) is 15.7 Å². The number of hydrogen-bond donors (Lipinski definition) is 0. The third kappa shape index (κ3) is 2.67. The zero-order valence-electron chi connectivity index (χ0n) is 13.3. The molecule has 0 aliphatic heterocycles. The van der Waals surface area contributed by atoms with Crippen LogP contribution in [-0.2, 0) is 0 Å². The monoisotopic (exact) mass is 417 g/mol. The molecule has 4 aromatic rings. The van der Waals surface area contributed by atoms with E-state index >= 15 is 0 Å². The number of imidazole rings is 1. The standard InChI is InChI=1S/C17H12BrN3O3S/c1-23-11-3-4-13(24-2)9(5-11)6-14-16(22)21-15-12(20-17(21)25-14)7-10(18)8-19-15/h3-8H,1-2H3/b14-6+. The summed E-state index contributed by atoms with van der Waals surface area (Å²) in [6.07, 6.45) is 3.44. The van der Waals surface area contributed by atoms with Crippen LogP contribution >= 0.6 is 27.3 Å². The number of hydrogen-bond acceptors (Lipinski definition) is 6. The second-order valence-corrected chi connectivity index (χ2v) is 7.17. The smallest absolute Gasteiger partial charge is 0.276 e. The quantitative estimate of drug-likeness (QED) is 0.512. The summed E-state index contributed by atoms with van der Waals surface area (Å²) < 4.78 is 13.5. The SMILES string of the molecule is COc1ccc(OC)c(/C=c2/sc3nc4cc(Br)cnc4n3c2=O)c1. The summed E-state index contributed by atoms with van der Waals surface area (Å²) in [5.74, 6) is 1.36. The van der Waals surface area contributed by atoms with Gasteiger partial charge in [0.15, 0.2) is 10.6 Å². The molecule has 0 saturated heterocycles. The van der Waals surface area contributed by atoms with E-state index < -0.39 is 0 Å². The molecular formula is C17H12BrN3O3S. The Hall–Kier alpha value is -2.45. The predicted octanol–water partition coefficient (Wildman–Crippen LogP) is 2.63. The van der Waals surface area contributed by atoms with Crippen LogP contribution in [0.3, 0.4) is 0 Å². The lowest BCUT2D eigenvalue weighted by Gasteiger charge is -2.06. The normalized spacial score (nSPS) is 12.2. The van der Waals surface area contributed by atoms with Gasteiger partial charge in [-0.25, -0.2) is 14.4 Å². The first kappa shape index (κ1) is 16.0. The topological polar surface area (TPSA) is 65.7 Å². The summed E-state index contributed by atoms with van der Waals surface area (Å²) in [6.45, 7) is 0. The second-order valence-electron chi connectivity index (χ2n) is 5.25. The molecule has 3 heterocycles. The lowest BCUT2D eigenvalue weighted by Crippen LogP contribution is -2.23. The Morgan fingerprint density at radius 1 is 1.24 bits per heavy atom. The molecule has 0 fully saturated rings. The van der Waals surface area contributed by atoms with Crippen molar-refractivity contribution in [2.24, 2.45) is 0 Å². The Kier molecular flexibility index (Phi) is 3.93. The maximum Gasteiger partial charge on any atom is 0.276 e. The van der Waals surface area contributed by atoms with Crippen LogP contribution in [0, 0.1) is 0 Å². The third-order valence-corrected chi connectivity index (χ3v) is 5.17. The van der Waals surface area contributed by atoms with Crippen molar-refractivity contribution in [3.05, 3.63) is 55.4 Å². The fraction of sp³-hybridized carbons (Fsp3) is 0.118. The molecule has 25 heavy (non-hydrogen) atoms. The maximum atomic E-state index is 12.8. The Morgan fingerprint density at radius 2 is 2.08 bits per heavy atom. The molecule has 0 spiro atoms. The van der Waals surface area contributed by atoms with Crippen molar-refractivity contribution in [3.63, 3.8) is 0 Å². The van der Waals surface area contributed by atoms with Crippen molar-refractivity contribution >= 4 is 49.5 Å². The molecular weight excluding hydrogens is 406 g/mol. The Morgan fingerprint density at radius 3 is 2.84 bits per heavy atom. The molecule has 6 nitrogen and oxygen atoms in total. The number of methoxy groups -OCH3 is 2. The van der Waals surface area contributed by atoms with Crippen molar-refractivity contribution in [3.8, 4) is 11.5 Å². The summed E-state index contributed by atoms with van der Waals surface area (Å²) in [4.78, 5) is 22.2. The number of thiazole rings is 1. The first-order chi connectivity index (χ1) is 12.1. The molecule has 0 amide bonds. The zero-order chi connectivity index (χ0) is 17.6. The molecule has 0 aliphatic carbocycles. The minimum absolute atomic E-state index is 0.151. The van der Waals surface area contributed by atoms with E-state index in [0.29, 0.717) is 32.2 Å². The average Bonchev–Trinajstić information content (AvgIpc) is 3.10. The Balaban J connectivity index is 1.97. The fourth-order valence-electron chi connectivity index (χ4n) is 2.61. The molecule has 3 aromatic heterocycles. The van der Waals surface area contributed by atoms with Gasteiger partial charge in [-0.05, 0) is 46.3 Å². The van der Waals surface area contributed by atoms with Gasteiger partial charge in [-0.15, -0.1) is 0 Å². The van der Waals surface area contributed by atoms with Gasteiger partial charge in [0.2, 0.25) is 0 Å². The Bertz CT molecular complexity index is 1220. The van der Waals surface area contributed by atoms with E-state index in [0.717, 1.165) is 10.0 Å². The molecule has 0 atom stereocenters. The van der Waals surface area contributed by atoms with Crippen LogP contribution in [0.5, 0.6) is 11.5 Å². The van der Waals surface area contributed by atoms with Crippen LogP contribution < -0.4 is 19.6 Å². The van der Waals surface area contributed by atoms with Gasteiger partial charge in [0.1, 0.15) is 17.0 Å². The predicted molar refractivity (Wildman–Crippen MR) is 101 cm³/mol. The van der Waals surface area contributed by atoms with Crippen molar-refractivity contribution < 1.29 is 9.47 Å². The summed E-state index contributed by atoms with van der Waals surface area (Å²) in [7, 11) is 3.19. The highest BCUT2D eigenvalue weighted by Gasteiger charge is 2.13. The van der Waals surface area contributed by atoms with E-state index in [2.05, 4.69) is 25.9 Å². The van der Waals surface area contributed by atoms with Crippen molar-refractivity contribution in [2.45, 2.75) is 0 Å². The van der Waals surface area contributed by atoms with E-state index in [9.17, 15) is 4.79 Å². The molecule has 8 heteroatoms. The lowest BCUT2D eigenvalue weighted by atomic mass is 10.2. The van der Waals surface area contributed by atoms with E-state index in [1.54, 1.807) is 26.5 Å². The first-order valence-electron chi connectivity index (χ1n) is 7.31. The van der Waals surface area contributed by atoms with Crippen LogP contribution in [0.1, 0.15) is 5.56 Å². The molecule has 4 rings (SSSR count). The van der Waals surface area contributed by atoms with Crippen molar-refractivity contribution in [1.29, 1.82) is 0 Å². The van der Waals surface area contributed by atoms with Gasteiger partial charge in [0.25, 0.3) is 5.56 Å². The van der Waals surface area contributed by atoms with Crippen LogP contribution in [0.2, 0.25) is 0 Å². The number of fused-ring (bicyclic) bond motifs is 3. The van der Waals surface area contributed by atoms with E-state index in [4.69, 9.17) is 9.47 Å². The molecule has 1 aromatic carbocycles. The number of pyridine rings is 1. The third-order valence-electron chi connectivity index (χ3n) is 3.77. The number of ether oxygens (including phenoxy) is 2. The van der Waals surface area contributed by atoms with Crippen molar-refractivity contribution in [1.82, 2.24) is 14.4 Å². The number of nitrogens with zero attached hydrogens (tertiary/aromatic N) is 3. The van der Waals surface area contributed by atoms with Gasteiger partial charge in [-0.3, -0.25) is 4.79 Å². The maximum absolute atomic E-state index is 12.8. The Labute approximate surface area is 154 Å². The van der Waals surface area contributed by atoms with Crippen LogP contribution in [0.4, 0.5) is 0 Å². The molecule has 0 bridgehead atoms. The molecule has 0 saturated carbocycles. The number of aromatic nitrogens is 3. The van der Waals surface area contributed by atoms with Crippen LogP contribution in [0.25, 0.3) is 22.2 Å². The highest BCUT2D eigenvalue weighted by atomic mass is 79.9. The zero-order valence-corrected chi connectivity index (χ0v) is 15.7. The first-order valence-corrected chi connectivity index (χ1v) is 8.92. The van der Waals surface area contributed by atoms with Crippen LogP contribution in [-0.4, -0.2) is 28.6 Å². The van der Waals surface area contributed by atoms with Gasteiger partial charge in [-0.1, -0.05) is 11.3 Å². The minimum atomic E-state index is -0.151. The molecule has 0 aliphatic rings. The van der Waals surface area contributed by atoms with Gasteiger partial charge < -0.3 is 9.47 Å². The summed E-state index contributed by atoms with van der Waals surface area (Å²) in [6, 6.07) is 7.29. The molecule has 0 radical (unpaired) electrons. The fourth-order valence-corrected chi connectivity index (χ4v) is 3.89. The highest BCUT2D eigenvalue weighted by Crippen LogP contribution is 2.25. The average molecular weight is 418 g/mol. The van der Waals surface area contributed by atoms with Gasteiger partial charge >= 0.3 is 0 Å². The highest BCUT2D eigenvalue weighted by molar-refractivity contribution is 9.10. The van der Waals surface area contributed by atoms with Gasteiger partial charge in [-0.2, -0.15) is 0 Å². The van der Waals surface area contributed by atoms with Crippen LogP contribution in [0.15, 0.2) is 39.7 Å². The van der Waals surface area contributed by atoms with Gasteiger partial charge in [0.05, 0.1) is 18.8 Å². The number of rotatable bonds is 3. The second kappa shape index (κ2) is 6.12. The van der Waals surface area contributed by atoms with Gasteiger partial charge in [0, 0.05) is 16.2 Å². The number of benzene rings is 1. The van der Waals surface area contributed by atoms with E-state index in [-0.39, 0.29) is 5.56 Å². The van der Waals surface area contributed by atoms with Crippen molar-refractivity contribution in [2.75, 3.05) is 14.2 Å². The van der Waals surface area contributed by atoms with E-state index in [1.807, 2.05) is 24.3 Å². The minimum Gasteiger partial charge on any atom is -0.497 e. The molecule has 0 N–H and O–H groups in total. The largest absolute Gasteiger partial charge is 0.497 e. The summed E-state index contributed by atoms with van der Waals surface area (Å²) >= 11 is 4.68.